The van der Waals surface area contributed by atoms with E-state index in [1.807, 2.05) is 13.1 Å². The first-order valence-corrected chi connectivity index (χ1v) is 7.02. The second kappa shape index (κ2) is 6.52. The monoisotopic (exact) mass is 277 g/mol. The molecule has 0 aliphatic carbocycles. The molecular weight excluding hydrogens is 261 g/mol. The van der Waals surface area contributed by atoms with Gasteiger partial charge in [-0.05, 0) is 30.7 Å². The van der Waals surface area contributed by atoms with Gasteiger partial charge in [-0.15, -0.1) is 0 Å². The van der Waals surface area contributed by atoms with Crippen LogP contribution in [-0.4, -0.2) is 17.0 Å². The Labute approximate surface area is 116 Å². The van der Waals surface area contributed by atoms with Gasteiger partial charge in [-0.25, -0.2) is 14.4 Å². The first kappa shape index (κ1) is 13.8. The molecule has 100 valence electrons. The van der Waals surface area contributed by atoms with Gasteiger partial charge in [-0.1, -0.05) is 18.7 Å². The molecule has 0 fully saturated rings. The molecule has 0 radical (unpaired) electrons. The molecule has 0 aliphatic heterocycles. The van der Waals surface area contributed by atoms with Crippen LogP contribution in [0.2, 0.25) is 0 Å². The maximum atomic E-state index is 12.9. The highest BCUT2D eigenvalue weighted by atomic mass is 32.2. The Morgan fingerprint density at radius 2 is 1.95 bits per heavy atom. The first-order chi connectivity index (χ1) is 9.21. The number of aryl methyl sites for hydroxylation is 1. The van der Waals surface area contributed by atoms with E-state index < -0.39 is 0 Å². The van der Waals surface area contributed by atoms with Gasteiger partial charge in [0.2, 0.25) is 0 Å². The summed E-state index contributed by atoms with van der Waals surface area (Å²) < 4.78 is 12.9. The molecule has 0 spiro atoms. The van der Waals surface area contributed by atoms with Gasteiger partial charge in [0.05, 0.1) is 0 Å². The number of anilines is 1. The third-order valence-electron chi connectivity index (χ3n) is 2.51. The molecule has 3 nitrogen and oxygen atoms in total. The van der Waals surface area contributed by atoms with Gasteiger partial charge in [-0.2, -0.15) is 0 Å². The van der Waals surface area contributed by atoms with Gasteiger partial charge >= 0.3 is 0 Å². The number of nitrogens with one attached hydrogen (secondary N) is 1. The van der Waals surface area contributed by atoms with Crippen molar-refractivity contribution in [1.29, 1.82) is 0 Å². The van der Waals surface area contributed by atoms with Crippen molar-refractivity contribution >= 4 is 17.6 Å². The van der Waals surface area contributed by atoms with E-state index in [0.717, 1.165) is 34.4 Å². The number of hydrogen-bond donors (Lipinski definition) is 1. The molecule has 0 aliphatic rings. The zero-order chi connectivity index (χ0) is 13.7. The molecule has 0 amide bonds. The highest BCUT2D eigenvalue weighted by Crippen LogP contribution is 2.27. The van der Waals surface area contributed by atoms with Crippen LogP contribution in [0.1, 0.15) is 19.2 Å². The van der Waals surface area contributed by atoms with Crippen molar-refractivity contribution in [1.82, 2.24) is 9.97 Å². The fraction of sp³-hybridized carbons (Fsp3) is 0.286. The highest BCUT2D eigenvalue weighted by molar-refractivity contribution is 7.99. The predicted octanol–water partition coefficient (Wildman–Crippen LogP) is 3.76. The lowest BCUT2D eigenvalue weighted by Gasteiger charge is -2.07. The number of nitrogens with zero attached hydrogens (tertiary/aromatic N) is 2. The van der Waals surface area contributed by atoms with Crippen LogP contribution in [0.25, 0.3) is 0 Å². The van der Waals surface area contributed by atoms with E-state index in [1.165, 1.54) is 23.9 Å². The summed E-state index contributed by atoms with van der Waals surface area (Å²) in [6, 6.07) is 8.30. The maximum Gasteiger partial charge on any atom is 0.132 e. The largest absolute Gasteiger partial charge is 0.373 e. The van der Waals surface area contributed by atoms with Gasteiger partial charge in [-0.3, -0.25) is 0 Å². The standard InChI is InChI=1S/C14H16FN3S/c1-3-4-12-17-13(16-2)9-14(18-12)19-11-7-5-10(15)6-8-11/h5-9H,3-4H2,1-2H3,(H,16,17,18). The molecule has 19 heavy (non-hydrogen) atoms. The summed E-state index contributed by atoms with van der Waals surface area (Å²) in [5.41, 5.74) is 0. The lowest BCUT2D eigenvalue weighted by atomic mass is 10.3. The van der Waals surface area contributed by atoms with Gasteiger partial charge < -0.3 is 5.32 Å². The smallest absolute Gasteiger partial charge is 0.132 e. The van der Waals surface area contributed by atoms with Crippen molar-refractivity contribution in [2.75, 3.05) is 12.4 Å². The summed E-state index contributed by atoms with van der Waals surface area (Å²) in [5, 5.41) is 3.91. The Balaban J connectivity index is 2.23. The van der Waals surface area contributed by atoms with Crippen molar-refractivity contribution in [3.8, 4) is 0 Å². The predicted molar refractivity (Wildman–Crippen MR) is 76.1 cm³/mol. The maximum absolute atomic E-state index is 12.9. The Morgan fingerprint density at radius 1 is 1.21 bits per heavy atom. The number of halogens is 1. The summed E-state index contributed by atoms with van der Waals surface area (Å²) in [5.74, 6) is 1.41. The molecule has 2 rings (SSSR count). The average molecular weight is 277 g/mol. The summed E-state index contributed by atoms with van der Waals surface area (Å²) >= 11 is 1.51. The Kier molecular flexibility index (Phi) is 4.74. The van der Waals surface area contributed by atoms with Crippen LogP contribution >= 0.6 is 11.8 Å². The number of rotatable bonds is 5. The fourth-order valence-corrected chi connectivity index (χ4v) is 2.45. The van der Waals surface area contributed by atoms with Crippen LogP contribution < -0.4 is 5.32 Å². The van der Waals surface area contributed by atoms with E-state index in [0.29, 0.717) is 0 Å². The normalized spacial score (nSPS) is 10.5. The summed E-state index contributed by atoms with van der Waals surface area (Å²) in [6.45, 7) is 2.10. The third-order valence-corrected chi connectivity index (χ3v) is 3.44. The molecule has 0 atom stereocenters. The quantitative estimate of drug-likeness (QED) is 0.844. The molecule has 0 bridgehead atoms. The van der Waals surface area contributed by atoms with E-state index in [1.54, 1.807) is 12.1 Å². The Hall–Kier alpha value is -1.62. The van der Waals surface area contributed by atoms with Crippen LogP contribution in [0.4, 0.5) is 10.2 Å². The van der Waals surface area contributed by atoms with Crippen LogP contribution in [0.3, 0.4) is 0 Å². The SMILES string of the molecule is CCCc1nc(NC)cc(Sc2ccc(F)cc2)n1. The first-order valence-electron chi connectivity index (χ1n) is 6.20. The van der Waals surface area contributed by atoms with Gasteiger partial charge in [0.1, 0.15) is 22.5 Å². The summed E-state index contributed by atoms with van der Waals surface area (Å²) in [6.07, 6.45) is 1.86. The fourth-order valence-electron chi connectivity index (χ4n) is 1.61. The van der Waals surface area contributed by atoms with Crippen LogP contribution in [0, 0.1) is 5.82 Å². The zero-order valence-electron chi connectivity index (χ0n) is 11.0. The van der Waals surface area contributed by atoms with Crippen molar-refractivity contribution in [2.24, 2.45) is 0 Å². The van der Waals surface area contributed by atoms with E-state index in [-0.39, 0.29) is 5.82 Å². The molecule has 2 aromatic rings. The highest BCUT2D eigenvalue weighted by Gasteiger charge is 2.05. The molecule has 0 saturated heterocycles. The van der Waals surface area contributed by atoms with E-state index in [2.05, 4.69) is 22.2 Å². The number of benzene rings is 1. The van der Waals surface area contributed by atoms with Gasteiger partial charge in [0.25, 0.3) is 0 Å². The lowest BCUT2D eigenvalue weighted by molar-refractivity contribution is 0.626. The number of aromatic nitrogens is 2. The second-order valence-electron chi connectivity index (χ2n) is 4.06. The number of hydrogen-bond acceptors (Lipinski definition) is 4. The van der Waals surface area contributed by atoms with Crippen molar-refractivity contribution in [3.63, 3.8) is 0 Å². The minimum Gasteiger partial charge on any atom is -0.373 e. The van der Waals surface area contributed by atoms with Crippen molar-refractivity contribution in [3.05, 3.63) is 42.0 Å². The zero-order valence-corrected chi connectivity index (χ0v) is 11.8. The van der Waals surface area contributed by atoms with E-state index in [9.17, 15) is 4.39 Å². The summed E-state index contributed by atoms with van der Waals surface area (Å²) in [4.78, 5) is 9.87. The summed E-state index contributed by atoms with van der Waals surface area (Å²) in [7, 11) is 1.84. The molecule has 1 N–H and O–H groups in total. The van der Waals surface area contributed by atoms with E-state index in [4.69, 9.17) is 0 Å². The van der Waals surface area contributed by atoms with Crippen LogP contribution in [-0.2, 0) is 6.42 Å². The minimum atomic E-state index is -0.227. The molecule has 0 saturated carbocycles. The van der Waals surface area contributed by atoms with Crippen LogP contribution in [0.5, 0.6) is 0 Å². The van der Waals surface area contributed by atoms with Crippen molar-refractivity contribution in [2.45, 2.75) is 29.7 Å². The van der Waals surface area contributed by atoms with Crippen LogP contribution in [0.15, 0.2) is 40.3 Å². The Morgan fingerprint density at radius 3 is 2.58 bits per heavy atom. The van der Waals surface area contributed by atoms with Gasteiger partial charge in [0.15, 0.2) is 0 Å². The molecule has 1 heterocycles. The molecule has 1 aromatic heterocycles. The lowest BCUT2D eigenvalue weighted by Crippen LogP contribution is -2.01. The molecule has 1 aromatic carbocycles. The average Bonchev–Trinajstić information content (AvgIpc) is 2.41. The van der Waals surface area contributed by atoms with E-state index >= 15 is 0 Å². The second-order valence-corrected chi connectivity index (χ2v) is 5.16. The molecular formula is C14H16FN3S. The topological polar surface area (TPSA) is 37.8 Å². The van der Waals surface area contributed by atoms with Gasteiger partial charge in [0, 0.05) is 24.4 Å². The Bertz CT molecular complexity index is 543. The van der Waals surface area contributed by atoms with Crippen molar-refractivity contribution < 1.29 is 4.39 Å². The molecule has 0 unspecified atom stereocenters. The third kappa shape index (κ3) is 3.92. The molecule has 5 heteroatoms. The minimum absolute atomic E-state index is 0.227.